The summed E-state index contributed by atoms with van der Waals surface area (Å²) in [4.78, 5) is 0. The molecular weight excluding hydrogens is 218 g/mol. The minimum Gasteiger partial charge on any atom is -0.314 e. The fourth-order valence-corrected chi connectivity index (χ4v) is 3.40. The summed E-state index contributed by atoms with van der Waals surface area (Å²) in [6.07, 6.45) is 14.4. The highest BCUT2D eigenvalue weighted by Gasteiger charge is 2.27. The first-order valence-electron chi connectivity index (χ1n) is 7.85. The van der Waals surface area contributed by atoms with Crippen molar-refractivity contribution in [2.75, 3.05) is 6.54 Å². The van der Waals surface area contributed by atoms with E-state index in [0.29, 0.717) is 6.04 Å². The van der Waals surface area contributed by atoms with Crippen LogP contribution >= 0.6 is 0 Å². The highest BCUT2D eigenvalue weighted by Crippen LogP contribution is 2.35. The second-order valence-electron chi connectivity index (χ2n) is 6.18. The molecule has 0 aromatic heterocycles. The van der Waals surface area contributed by atoms with Crippen LogP contribution in [-0.4, -0.2) is 12.6 Å². The molecule has 0 radical (unpaired) electrons. The zero-order chi connectivity index (χ0) is 13.4. The van der Waals surface area contributed by atoms with Gasteiger partial charge in [0.2, 0.25) is 0 Å². The molecule has 18 heavy (non-hydrogen) atoms. The van der Waals surface area contributed by atoms with Crippen LogP contribution in [0.4, 0.5) is 0 Å². The Bertz CT molecular complexity index is 243. The van der Waals surface area contributed by atoms with Crippen molar-refractivity contribution in [3.05, 3.63) is 0 Å². The monoisotopic (exact) mass is 249 g/mol. The molecule has 1 fully saturated rings. The van der Waals surface area contributed by atoms with Gasteiger partial charge in [-0.15, -0.1) is 12.3 Å². The smallest absolute Gasteiger partial charge is 0.00955 e. The van der Waals surface area contributed by atoms with Crippen LogP contribution in [0.1, 0.15) is 65.7 Å². The van der Waals surface area contributed by atoms with Crippen LogP contribution in [0, 0.1) is 30.1 Å². The van der Waals surface area contributed by atoms with Gasteiger partial charge in [0.15, 0.2) is 0 Å². The zero-order valence-corrected chi connectivity index (χ0v) is 12.5. The minimum atomic E-state index is 0.705. The Morgan fingerprint density at radius 3 is 2.28 bits per heavy atom. The largest absolute Gasteiger partial charge is 0.314 e. The molecule has 0 amide bonds. The van der Waals surface area contributed by atoms with Gasteiger partial charge >= 0.3 is 0 Å². The fraction of sp³-hybridized carbons (Fsp3) is 0.882. The molecule has 0 heterocycles. The standard InChI is InChI=1S/C17H31N/c1-5-7-8-9-17(18-6-2)16-12-10-15(11-13-16)14(3)4/h1,14-18H,6-13H2,2-4H3. The van der Waals surface area contributed by atoms with Gasteiger partial charge in [0.05, 0.1) is 0 Å². The van der Waals surface area contributed by atoms with Crippen molar-refractivity contribution in [2.24, 2.45) is 17.8 Å². The summed E-state index contributed by atoms with van der Waals surface area (Å²) in [5.74, 6) is 5.48. The molecule has 1 N–H and O–H groups in total. The molecule has 0 aliphatic heterocycles. The Balaban J connectivity index is 2.37. The van der Waals surface area contributed by atoms with Crippen molar-refractivity contribution >= 4 is 0 Å². The van der Waals surface area contributed by atoms with Crippen LogP contribution in [0.5, 0.6) is 0 Å². The average molecular weight is 249 g/mol. The lowest BCUT2D eigenvalue weighted by atomic mass is 9.74. The molecular formula is C17H31N. The summed E-state index contributed by atoms with van der Waals surface area (Å²) < 4.78 is 0. The van der Waals surface area contributed by atoms with Crippen LogP contribution in [0.3, 0.4) is 0 Å². The van der Waals surface area contributed by atoms with E-state index in [1.807, 2.05) is 0 Å². The minimum absolute atomic E-state index is 0.705. The fourth-order valence-electron chi connectivity index (χ4n) is 3.40. The highest BCUT2D eigenvalue weighted by molar-refractivity contribution is 4.86. The molecule has 0 spiro atoms. The summed E-state index contributed by atoms with van der Waals surface area (Å²) >= 11 is 0. The normalized spacial score (nSPS) is 25.9. The molecule has 1 aliphatic rings. The maximum atomic E-state index is 5.35. The maximum absolute atomic E-state index is 5.35. The number of nitrogens with one attached hydrogen (secondary N) is 1. The average Bonchev–Trinajstić information content (AvgIpc) is 2.38. The lowest BCUT2D eigenvalue weighted by Crippen LogP contribution is -2.38. The highest BCUT2D eigenvalue weighted by atomic mass is 14.9. The van der Waals surface area contributed by atoms with Crippen molar-refractivity contribution in [2.45, 2.75) is 71.8 Å². The Labute approximate surface area is 114 Å². The van der Waals surface area contributed by atoms with Crippen molar-refractivity contribution in [3.8, 4) is 12.3 Å². The van der Waals surface area contributed by atoms with Gasteiger partial charge in [0.1, 0.15) is 0 Å². The Morgan fingerprint density at radius 2 is 1.78 bits per heavy atom. The summed E-state index contributed by atoms with van der Waals surface area (Å²) in [5, 5.41) is 3.69. The molecule has 1 atom stereocenters. The third kappa shape index (κ3) is 5.02. The van der Waals surface area contributed by atoms with Gasteiger partial charge in [-0.2, -0.15) is 0 Å². The quantitative estimate of drug-likeness (QED) is 0.526. The van der Waals surface area contributed by atoms with E-state index in [4.69, 9.17) is 6.42 Å². The zero-order valence-electron chi connectivity index (χ0n) is 12.5. The van der Waals surface area contributed by atoms with Gasteiger partial charge in [-0.1, -0.05) is 20.8 Å². The van der Waals surface area contributed by atoms with Crippen LogP contribution < -0.4 is 5.32 Å². The van der Waals surface area contributed by atoms with Crippen molar-refractivity contribution < 1.29 is 0 Å². The van der Waals surface area contributed by atoms with Crippen LogP contribution in [0.15, 0.2) is 0 Å². The molecule has 0 aromatic carbocycles. The maximum Gasteiger partial charge on any atom is 0.00955 e. The van der Waals surface area contributed by atoms with Gasteiger partial charge in [0.25, 0.3) is 0 Å². The molecule has 0 saturated heterocycles. The van der Waals surface area contributed by atoms with E-state index in [2.05, 4.69) is 32.0 Å². The number of terminal acetylenes is 1. The second kappa shape index (κ2) is 8.59. The molecule has 1 unspecified atom stereocenters. The van der Waals surface area contributed by atoms with E-state index in [-0.39, 0.29) is 0 Å². The predicted octanol–water partition coefficient (Wildman–Crippen LogP) is 4.23. The number of hydrogen-bond donors (Lipinski definition) is 1. The molecule has 104 valence electrons. The van der Waals surface area contributed by atoms with E-state index >= 15 is 0 Å². The van der Waals surface area contributed by atoms with Gasteiger partial charge in [-0.25, -0.2) is 0 Å². The lowest BCUT2D eigenvalue weighted by molar-refractivity contribution is 0.184. The number of unbranched alkanes of at least 4 members (excludes halogenated alkanes) is 1. The predicted molar refractivity (Wildman–Crippen MR) is 80.4 cm³/mol. The molecule has 1 rings (SSSR count). The summed E-state index contributed by atoms with van der Waals surface area (Å²) in [6.45, 7) is 8.05. The van der Waals surface area contributed by atoms with Gasteiger partial charge in [-0.3, -0.25) is 0 Å². The van der Waals surface area contributed by atoms with E-state index in [9.17, 15) is 0 Å². The summed E-state index contributed by atoms with van der Waals surface area (Å²) in [5.41, 5.74) is 0. The first-order chi connectivity index (χ1) is 8.69. The first-order valence-corrected chi connectivity index (χ1v) is 7.85. The molecule has 0 bridgehead atoms. The number of rotatable bonds is 7. The molecule has 1 aliphatic carbocycles. The Morgan fingerprint density at radius 1 is 1.17 bits per heavy atom. The molecule has 1 saturated carbocycles. The van der Waals surface area contributed by atoms with Crippen molar-refractivity contribution in [3.63, 3.8) is 0 Å². The Kier molecular flexibility index (Phi) is 7.44. The van der Waals surface area contributed by atoms with E-state index in [0.717, 1.165) is 30.7 Å². The van der Waals surface area contributed by atoms with E-state index in [1.165, 1.54) is 38.5 Å². The second-order valence-corrected chi connectivity index (χ2v) is 6.18. The third-order valence-corrected chi connectivity index (χ3v) is 4.63. The summed E-state index contributed by atoms with van der Waals surface area (Å²) in [6, 6.07) is 0.705. The van der Waals surface area contributed by atoms with Gasteiger partial charge in [-0.05, 0) is 62.8 Å². The van der Waals surface area contributed by atoms with Gasteiger partial charge < -0.3 is 5.32 Å². The Hall–Kier alpha value is -0.480. The van der Waals surface area contributed by atoms with E-state index < -0.39 is 0 Å². The molecule has 1 nitrogen and oxygen atoms in total. The summed E-state index contributed by atoms with van der Waals surface area (Å²) in [7, 11) is 0. The van der Waals surface area contributed by atoms with Crippen molar-refractivity contribution in [1.82, 2.24) is 5.32 Å². The SMILES string of the molecule is C#CCCCC(NCC)C1CCC(C(C)C)CC1. The topological polar surface area (TPSA) is 12.0 Å². The third-order valence-electron chi connectivity index (χ3n) is 4.63. The van der Waals surface area contributed by atoms with Crippen LogP contribution in [0.2, 0.25) is 0 Å². The van der Waals surface area contributed by atoms with Crippen LogP contribution in [0.25, 0.3) is 0 Å². The van der Waals surface area contributed by atoms with Gasteiger partial charge in [0, 0.05) is 12.5 Å². The van der Waals surface area contributed by atoms with E-state index in [1.54, 1.807) is 0 Å². The first kappa shape index (κ1) is 15.6. The number of hydrogen-bond acceptors (Lipinski definition) is 1. The molecule has 0 aromatic rings. The molecule has 1 heteroatoms. The lowest BCUT2D eigenvalue weighted by Gasteiger charge is -2.35. The van der Waals surface area contributed by atoms with Crippen molar-refractivity contribution in [1.29, 1.82) is 0 Å². The van der Waals surface area contributed by atoms with Crippen LogP contribution in [-0.2, 0) is 0 Å².